The minimum absolute atomic E-state index is 0.688. The number of aromatic nitrogens is 3. The molecule has 1 aliphatic heterocycles. The van der Waals surface area contributed by atoms with Crippen LogP contribution in [0.3, 0.4) is 0 Å². The summed E-state index contributed by atoms with van der Waals surface area (Å²) in [6.07, 6.45) is 2.93. The van der Waals surface area contributed by atoms with Crippen LogP contribution in [0, 0.1) is 4.77 Å². The van der Waals surface area contributed by atoms with Crippen molar-refractivity contribution < 1.29 is 0 Å². The lowest BCUT2D eigenvalue weighted by Gasteiger charge is -2.35. The largest absolute Gasteiger partial charge is 0.354 e. The number of hydrogen-bond donors (Lipinski definition) is 2. The molecule has 4 rings (SSSR count). The fraction of sp³-hybridized carbons (Fsp3) is 0.333. The summed E-state index contributed by atoms with van der Waals surface area (Å²) in [5, 5.41) is 0. The Morgan fingerprint density at radius 2 is 1.83 bits per heavy atom. The third-order valence-electron chi connectivity index (χ3n) is 4.64. The zero-order chi connectivity index (χ0) is 16.4. The summed E-state index contributed by atoms with van der Waals surface area (Å²) >= 11 is 5.15. The molecule has 0 bridgehead atoms. The molecule has 2 aromatic heterocycles. The molecule has 0 radical (unpaired) electrons. The van der Waals surface area contributed by atoms with E-state index < -0.39 is 0 Å². The Hall–Kier alpha value is -2.18. The van der Waals surface area contributed by atoms with Gasteiger partial charge in [0.15, 0.2) is 4.77 Å². The standard InChI is InChI=1S/C18H21N5S/c24-18-20-15-5-4-14(13-16(15)21-18)6-8-22-9-11-23(12-10-22)17-3-1-2-7-19-17/h1-5,7,13H,6,8-12H2,(H2,20,21,24). The second-order valence-corrected chi connectivity index (χ2v) is 6.63. The monoisotopic (exact) mass is 339 g/mol. The van der Waals surface area contributed by atoms with Gasteiger partial charge in [0, 0.05) is 38.9 Å². The number of H-pyrrole nitrogens is 2. The highest BCUT2D eigenvalue weighted by molar-refractivity contribution is 7.71. The van der Waals surface area contributed by atoms with E-state index in [0.717, 1.165) is 56.0 Å². The molecule has 124 valence electrons. The van der Waals surface area contributed by atoms with Crippen molar-refractivity contribution in [2.75, 3.05) is 37.6 Å². The van der Waals surface area contributed by atoms with Gasteiger partial charge in [-0.3, -0.25) is 4.90 Å². The molecule has 5 nitrogen and oxygen atoms in total. The Labute approximate surface area is 146 Å². The van der Waals surface area contributed by atoms with Crippen molar-refractivity contribution in [2.24, 2.45) is 0 Å². The van der Waals surface area contributed by atoms with E-state index in [2.05, 4.69) is 55.1 Å². The van der Waals surface area contributed by atoms with E-state index in [4.69, 9.17) is 12.2 Å². The molecule has 0 saturated carbocycles. The van der Waals surface area contributed by atoms with Crippen LogP contribution in [0.4, 0.5) is 5.82 Å². The first-order valence-corrected chi connectivity index (χ1v) is 8.78. The molecule has 1 aliphatic rings. The summed E-state index contributed by atoms with van der Waals surface area (Å²) in [4.78, 5) is 15.7. The molecule has 0 unspecified atom stereocenters. The van der Waals surface area contributed by atoms with Crippen molar-refractivity contribution in [3.63, 3.8) is 0 Å². The minimum Gasteiger partial charge on any atom is -0.354 e. The summed E-state index contributed by atoms with van der Waals surface area (Å²) in [6, 6.07) is 12.6. The zero-order valence-electron chi connectivity index (χ0n) is 13.5. The number of anilines is 1. The number of aromatic amines is 2. The van der Waals surface area contributed by atoms with E-state index in [9.17, 15) is 0 Å². The number of fused-ring (bicyclic) bond motifs is 1. The van der Waals surface area contributed by atoms with Gasteiger partial charge in [0.25, 0.3) is 0 Å². The smallest absolute Gasteiger partial charge is 0.175 e. The average Bonchev–Trinajstić information content (AvgIpc) is 3.00. The Bertz CT molecular complexity index is 862. The molecule has 0 aliphatic carbocycles. The van der Waals surface area contributed by atoms with E-state index in [1.54, 1.807) is 0 Å². The first-order valence-electron chi connectivity index (χ1n) is 8.37. The predicted octanol–water partition coefficient (Wildman–Crippen LogP) is 2.99. The number of piperazine rings is 1. The molecule has 0 atom stereocenters. The predicted molar refractivity (Wildman–Crippen MR) is 100 cm³/mol. The third-order valence-corrected chi connectivity index (χ3v) is 4.85. The quantitative estimate of drug-likeness (QED) is 0.718. The molecule has 0 amide bonds. The van der Waals surface area contributed by atoms with Gasteiger partial charge in [0.1, 0.15) is 5.82 Å². The van der Waals surface area contributed by atoms with Crippen LogP contribution in [0.1, 0.15) is 5.56 Å². The van der Waals surface area contributed by atoms with Crippen LogP contribution in [0.5, 0.6) is 0 Å². The van der Waals surface area contributed by atoms with E-state index in [1.165, 1.54) is 5.56 Å². The van der Waals surface area contributed by atoms with E-state index in [-0.39, 0.29) is 0 Å². The lowest BCUT2D eigenvalue weighted by atomic mass is 10.1. The van der Waals surface area contributed by atoms with E-state index >= 15 is 0 Å². The summed E-state index contributed by atoms with van der Waals surface area (Å²) < 4.78 is 0.688. The maximum absolute atomic E-state index is 5.15. The number of benzene rings is 1. The van der Waals surface area contributed by atoms with Crippen LogP contribution < -0.4 is 4.90 Å². The van der Waals surface area contributed by atoms with Gasteiger partial charge >= 0.3 is 0 Å². The molecule has 0 spiro atoms. The topological polar surface area (TPSA) is 51.0 Å². The van der Waals surface area contributed by atoms with Gasteiger partial charge in [0.2, 0.25) is 0 Å². The van der Waals surface area contributed by atoms with E-state index in [0.29, 0.717) is 4.77 Å². The van der Waals surface area contributed by atoms with Gasteiger partial charge < -0.3 is 14.9 Å². The van der Waals surface area contributed by atoms with Crippen LogP contribution >= 0.6 is 12.2 Å². The van der Waals surface area contributed by atoms with Crippen molar-refractivity contribution in [2.45, 2.75) is 6.42 Å². The molecule has 2 N–H and O–H groups in total. The number of hydrogen-bond acceptors (Lipinski definition) is 4. The van der Waals surface area contributed by atoms with Gasteiger partial charge in [-0.15, -0.1) is 0 Å². The molecule has 6 heteroatoms. The lowest BCUT2D eigenvalue weighted by Crippen LogP contribution is -2.47. The fourth-order valence-corrected chi connectivity index (χ4v) is 3.48. The zero-order valence-corrected chi connectivity index (χ0v) is 14.4. The van der Waals surface area contributed by atoms with Crippen LogP contribution in [0.25, 0.3) is 11.0 Å². The number of imidazole rings is 1. The van der Waals surface area contributed by atoms with Crippen LogP contribution in [-0.2, 0) is 6.42 Å². The van der Waals surface area contributed by atoms with Crippen molar-refractivity contribution in [1.82, 2.24) is 19.9 Å². The van der Waals surface area contributed by atoms with Crippen molar-refractivity contribution in [3.8, 4) is 0 Å². The SMILES string of the molecule is S=c1[nH]c2ccc(CCN3CCN(c4ccccn4)CC3)cc2[nH]1. The van der Waals surface area contributed by atoms with E-state index in [1.807, 2.05) is 12.3 Å². The van der Waals surface area contributed by atoms with Crippen LogP contribution in [-0.4, -0.2) is 52.6 Å². The fourth-order valence-electron chi connectivity index (χ4n) is 3.26. The summed E-state index contributed by atoms with van der Waals surface area (Å²) in [5.74, 6) is 1.09. The van der Waals surface area contributed by atoms with Gasteiger partial charge in [-0.25, -0.2) is 4.98 Å². The Balaban J connectivity index is 1.32. The lowest BCUT2D eigenvalue weighted by molar-refractivity contribution is 0.260. The molecule has 3 heterocycles. The number of rotatable bonds is 4. The highest BCUT2D eigenvalue weighted by Gasteiger charge is 2.17. The summed E-state index contributed by atoms with van der Waals surface area (Å²) in [6.45, 7) is 5.35. The number of nitrogens with zero attached hydrogens (tertiary/aromatic N) is 3. The first-order chi connectivity index (χ1) is 11.8. The molecule has 1 aromatic carbocycles. The van der Waals surface area contributed by atoms with Gasteiger partial charge in [-0.2, -0.15) is 0 Å². The van der Waals surface area contributed by atoms with Crippen LogP contribution in [0.15, 0.2) is 42.6 Å². The maximum Gasteiger partial charge on any atom is 0.175 e. The second kappa shape index (κ2) is 6.75. The summed E-state index contributed by atoms with van der Waals surface area (Å²) in [5.41, 5.74) is 3.52. The van der Waals surface area contributed by atoms with Gasteiger partial charge in [-0.05, 0) is 48.5 Å². The van der Waals surface area contributed by atoms with Crippen LogP contribution in [0.2, 0.25) is 0 Å². The van der Waals surface area contributed by atoms with Gasteiger partial charge in [-0.1, -0.05) is 12.1 Å². The molecule has 1 fully saturated rings. The minimum atomic E-state index is 0.688. The Morgan fingerprint density at radius 3 is 2.62 bits per heavy atom. The number of nitrogens with one attached hydrogen (secondary N) is 2. The van der Waals surface area contributed by atoms with Crippen molar-refractivity contribution in [1.29, 1.82) is 0 Å². The highest BCUT2D eigenvalue weighted by atomic mass is 32.1. The van der Waals surface area contributed by atoms with Crippen molar-refractivity contribution in [3.05, 3.63) is 52.9 Å². The number of pyridine rings is 1. The Morgan fingerprint density at radius 1 is 1.00 bits per heavy atom. The maximum atomic E-state index is 5.15. The van der Waals surface area contributed by atoms with Crippen molar-refractivity contribution >= 4 is 29.1 Å². The molecule has 1 saturated heterocycles. The average molecular weight is 339 g/mol. The molecular formula is C18H21N5S. The summed E-state index contributed by atoms with van der Waals surface area (Å²) in [7, 11) is 0. The highest BCUT2D eigenvalue weighted by Crippen LogP contribution is 2.15. The van der Waals surface area contributed by atoms with Gasteiger partial charge in [0.05, 0.1) is 11.0 Å². The normalized spacial score (nSPS) is 15.9. The first kappa shape index (κ1) is 15.4. The molecule has 24 heavy (non-hydrogen) atoms. The second-order valence-electron chi connectivity index (χ2n) is 6.23. The Kier molecular flexibility index (Phi) is 4.32. The molecular weight excluding hydrogens is 318 g/mol. The third kappa shape index (κ3) is 3.34. The molecule has 3 aromatic rings.